The predicted molar refractivity (Wildman–Crippen MR) is 88.6 cm³/mol. The highest BCUT2D eigenvalue weighted by Gasteiger charge is 2.03. The molecular formula is C16H20B2O2. The van der Waals surface area contributed by atoms with Gasteiger partial charge in [0.25, 0.3) is 0 Å². The van der Waals surface area contributed by atoms with Gasteiger partial charge in [-0.1, -0.05) is 61.9 Å². The SMILES string of the molecule is Oc1ccccc1BCCCCBc1ccccc1O. The molecule has 0 radical (unpaired) electrons. The van der Waals surface area contributed by atoms with Crippen molar-refractivity contribution < 1.29 is 10.2 Å². The maximum Gasteiger partial charge on any atom is 0.162 e. The molecule has 0 saturated carbocycles. The fourth-order valence-corrected chi connectivity index (χ4v) is 2.43. The van der Waals surface area contributed by atoms with Crippen LogP contribution >= 0.6 is 0 Å². The highest BCUT2D eigenvalue weighted by Crippen LogP contribution is 2.07. The zero-order valence-corrected chi connectivity index (χ0v) is 11.8. The van der Waals surface area contributed by atoms with E-state index in [0.29, 0.717) is 11.5 Å². The Hall–Kier alpha value is -1.83. The molecule has 0 aliphatic rings. The van der Waals surface area contributed by atoms with Gasteiger partial charge in [0.2, 0.25) is 0 Å². The van der Waals surface area contributed by atoms with Crippen LogP contribution in [-0.4, -0.2) is 24.8 Å². The summed E-state index contributed by atoms with van der Waals surface area (Å²) < 4.78 is 0. The Balaban J connectivity index is 1.63. The molecule has 0 unspecified atom stereocenters. The Morgan fingerprint density at radius 3 is 1.45 bits per heavy atom. The Labute approximate surface area is 122 Å². The molecule has 0 aliphatic heterocycles. The van der Waals surface area contributed by atoms with Crippen molar-refractivity contribution in [1.29, 1.82) is 0 Å². The molecule has 2 rings (SSSR count). The second-order valence-corrected chi connectivity index (χ2v) is 5.17. The van der Waals surface area contributed by atoms with E-state index in [1.54, 1.807) is 12.1 Å². The number of aromatic hydroxyl groups is 2. The fourth-order valence-electron chi connectivity index (χ4n) is 2.43. The zero-order chi connectivity index (χ0) is 14.2. The second kappa shape index (κ2) is 7.68. The van der Waals surface area contributed by atoms with Gasteiger partial charge in [0.15, 0.2) is 14.6 Å². The highest BCUT2D eigenvalue weighted by molar-refractivity contribution is 6.55. The summed E-state index contributed by atoms with van der Waals surface area (Å²) in [5.74, 6) is 0.809. The van der Waals surface area contributed by atoms with E-state index in [0.717, 1.165) is 51.0 Å². The van der Waals surface area contributed by atoms with Crippen LogP contribution in [0.4, 0.5) is 0 Å². The maximum absolute atomic E-state index is 9.66. The third-order valence-electron chi connectivity index (χ3n) is 3.63. The monoisotopic (exact) mass is 266 g/mol. The zero-order valence-electron chi connectivity index (χ0n) is 11.8. The van der Waals surface area contributed by atoms with Gasteiger partial charge in [0.1, 0.15) is 11.5 Å². The molecule has 20 heavy (non-hydrogen) atoms. The summed E-state index contributed by atoms with van der Waals surface area (Å²) in [5, 5.41) is 19.3. The van der Waals surface area contributed by atoms with E-state index in [4.69, 9.17) is 0 Å². The molecule has 2 N–H and O–H groups in total. The molecule has 2 aromatic carbocycles. The van der Waals surface area contributed by atoms with Gasteiger partial charge in [-0.3, -0.25) is 0 Å². The lowest BCUT2D eigenvalue weighted by Gasteiger charge is -2.04. The molecule has 102 valence electrons. The standard InChI is InChI=1S/C16H20B2O2/c19-15-9-3-1-7-13(15)17-11-5-6-12-18-14-8-2-4-10-16(14)20/h1-4,7-10,17-20H,5-6,11-12H2. The lowest BCUT2D eigenvalue weighted by molar-refractivity contribution is 0.479. The van der Waals surface area contributed by atoms with Crippen LogP contribution in [-0.2, 0) is 0 Å². The van der Waals surface area contributed by atoms with Gasteiger partial charge in [0.05, 0.1) is 0 Å². The molecule has 0 saturated heterocycles. The summed E-state index contributed by atoms with van der Waals surface area (Å²) in [6, 6.07) is 15.1. The topological polar surface area (TPSA) is 40.5 Å². The van der Waals surface area contributed by atoms with Crippen LogP contribution in [0, 0.1) is 0 Å². The molecule has 0 aliphatic carbocycles. The van der Waals surface area contributed by atoms with E-state index < -0.39 is 0 Å². The van der Waals surface area contributed by atoms with Crippen molar-refractivity contribution in [2.45, 2.75) is 25.5 Å². The molecule has 0 heterocycles. The van der Waals surface area contributed by atoms with Crippen molar-refractivity contribution in [3.05, 3.63) is 48.5 Å². The van der Waals surface area contributed by atoms with Crippen LogP contribution in [0.3, 0.4) is 0 Å². The van der Waals surface area contributed by atoms with Crippen molar-refractivity contribution >= 4 is 25.5 Å². The largest absolute Gasteiger partial charge is 0.509 e. The van der Waals surface area contributed by atoms with Crippen LogP contribution in [0.25, 0.3) is 0 Å². The van der Waals surface area contributed by atoms with Gasteiger partial charge in [-0.2, -0.15) is 0 Å². The van der Waals surface area contributed by atoms with Crippen LogP contribution < -0.4 is 10.9 Å². The summed E-state index contributed by atoms with van der Waals surface area (Å²) in [7, 11) is 1.87. The van der Waals surface area contributed by atoms with Crippen LogP contribution in [0.2, 0.25) is 12.6 Å². The highest BCUT2D eigenvalue weighted by atomic mass is 16.3. The van der Waals surface area contributed by atoms with Gasteiger partial charge in [0, 0.05) is 0 Å². The van der Waals surface area contributed by atoms with Gasteiger partial charge in [-0.05, 0) is 23.1 Å². The van der Waals surface area contributed by atoms with Crippen molar-refractivity contribution in [2.75, 3.05) is 0 Å². The van der Waals surface area contributed by atoms with Crippen LogP contribution in [0.1, 0.15) is 12.8 Å². The Kier molecular flexibility index (Phi) is 5.60. The van der Waals surface area contributed by atoms with Gasteiger partial charge in [-0.25, -0.2) is 0 Å². The van der Waals surface area contributed by atoms with Gasteiger partial charge >= 0.3 is 0 Å². The summed E-state index contributed by atoms with van der Waals surface area (Å²) in [6.07, 6.45) is 4.50. The molecule has 0 amide bonds. The molecule has 0 spiro atoms. The first-order valence-corrected chi connectivity index (χ1v) is 7.31. The Morgan fingerprint density at radius 2 is 1.05 bits per heavy atom. The first-order valence-electron chi connectivity index (χ1n) is 7.31. The van der Waals surface area contributed by atoms with E-state index in [1.807, 2.05) is 36.4 Å². The molecule has 0 fully saturated rings. The average molecular weight is 266 g/mol. The lowest BCUT2D eigenvalue weighted by Crippen LogP contribution is -2.15. The van der Waals surface area contributed by atoms with Crippen molar-refractivity contribution in [3.8, 4) is 11.5 Å². The minimum atomic E-state index is 0.404. The second-order valence-electron chi connectivity index (χ2n) is 5.17. The summed E-state index contributed by atoms with van der Waals surface area (Å²) in [6.45, 7) is 0. The number of rotatable bonds is 7. The normalized spacial score (nSPS) is 10.2. The molecule has 4 heteroatoms. The lowest BCUT2D eigenvalue weighted by atomic mass is 9.62. The number of hydrogen-bond acceptors (Lipinski definition) is 2. The quantitative estimate of drug-likeness (QED) is 0.589. The van der Waals surface area contributed by atoms with Gasteiger partial charge in [-0.15, -0.1) is 0 Å². The molecule has 0 atom stereocenters. The molecule has 2 aromatic rings. The Morgan fingerprint density at radius 1 is 0.650 bits per heavy atom. The number of phenolic OH excluding ortho intramolecular Hbond substituents is 2. The number of unbranched alkanes of at least 4 members (excludes halogenated alkanes) is 1. The van der Waals surface area contributed by atoms with E-state index in [1.165, 1.54) is 0 Å². The molecular weight excluding hydrogens is 246 g/mol. The molecule has 0 bridgehead atoms. The summed E-state index contributed by atoms with van der Waals surface area (Å²) >= 11 is 0. The fraction of sp³-hybridized carbons (Fsp3) is 0.250. The third kappa shape index (κ3) is 4.37. The average Bonchev–Trinajstić information content (AvgIpc) is 2.46. The first-order chi connectivity index (χ1) is 9.77. The van der Waals surface area contributed by atoms with E-state index in [-0.39, 0.29) is 0 Å². The summed E-state index contributed by atoms with van der Waals surface area (Å²) in [5.41, 5.74) is 2.07. The smallest absolute Gasteiger partial charge is 0.162 e. The van der Waals surface area contributed by atoms with Gasteiger partial charge < -0.3 is 10.2 Å². The summed E-state index contributed by atoms with van der Waals surface area (Å²) in [4.78, 5) is 0. The number of hydrogen-bond donors (Lipinski definition) is 2. The number of phenols is 2. The Bertz CT molecular complexity index is 494. The third-order valence-corrected chi connectivity index (χ3v) is 3.63. The van der Waals surface area contributed by atoms with E-state index in [9.17, 15) is 10.2 Å². The maximum atomic E-state index is 9.66. The van der Waals surface area contributed by atoms with Crippen molar-refractivity contribution in [3.63, 3.8) is 0 Å². The molecule has 0 aromatic heterocycles. The molecule has 2 nitrogen and oxygen atoms in total. The number of para-hydroxylation sites is 2. The van der Waals surface area contributed by atoms with Crippen molar-refractivity contribution in [2.24, 2.45) is 0 Å². The van der Waals surface area contributed by atoms with E-state index >= 15 is 0 Å². The predicted octanol–water partition coefficient (Wildman–Crippen LogP) is 1.54. The van der Waals surface area contributed by atoms with E-state index in [2.05, 4.69) is 0 Å². The minimum absolute atomic E-state index is 0.404. The minimum Gasteiger partial charge on any atom is -0.509 e. The number of benzene rings is 2. The van der Waals surface area contributed by atoms with Crippen molar-refractivity contribution in [1.82, 2.24) is 0 Å². The van der Waals surface area contributed by atoms with Crippen LogP contribution in [0.5, 0.6) is 11.5 Å². The van der Waals surface area contributed by atoms with Crippen LogP contribution in [0.15, 0.2) is 48.5 Å². The first kappa shape index (κ1) is 14.6.